The van der Waals surface area contributed by atoms with Crippen LogP contribution in [0.25, 0.3) is 22.5 Å². The second-order valence-electron chi connectivity index (χ2n) is 19.9. The number of nitrogens with zero attached hydrogens (tertiary/aromatic N) is 9. The number of hydrogen-bond donors (Lipinski definition) is 1. The number of imide groups is 1. The SMILES string of the molecule is C=CCCC(C(=C)NC)N1C(=O)c2ccc(N3CCC4(CC3)CCN4C(=C)c3cn4ccnc4cc3-c3cc4c(cc3C(F)F)N(c3nn(C5CCOCC5)c5c3CN(C)CC5)CCC4)cc2C1=O. The molecule has 0 saturated carbocycles. The van der Waals surface area contributed by atoms with Gasteiger partial charge in [-0.05, 0) is 118 Å². The second-order valence-corrected chi connectivity index (χ2v) is 19.9. The van der Waals surface area contributed by atoms with E-state index in [2.05, 4.69) is 54.8 Å². The van der Waals surface area contributed by atoms with Crippen molar-refractivity contribution >= 4 is 40.4 Å². The van der Waals surface area contributed by atoms with Crippen LogP contribution in [0, 0.1) is 0 Å². The number of anilines is 3. The molecule has 1 unspecified atom stereocenters. The lowest BCUT2D eigenvalue weighted by atomic mass is 9.75. The van der Waals surface area contributed by atoms with Crippen LogP contribution >= 0.6 is 0 Å². The lowest BCUT2D eigenvalue weighted by Crippen LogP contribution is -2.63. The van der Waals surface area contributed by atoms with Crippen molar-refractivity contribution in [2.45, 2.75) is 94.8 Å². The number of likely N-dealkylation sites (tertiary alicyclic amines) is 1. The van der Waals surface area contributed by atoms with E-state index in [4.69, 9.17) is 16.4 Å². The van der Waals surface area contributed by atoms with Crippen molar-refractivity contribution in [2.75, 3.05) is 69.8 Å². The van der Waals surface area contributed by atoms with Crippen LogP contribution in [-0.2, 0) is 24.1 Å². The molecule has 11 rings (SSSR count). The number of hydrogen-bond acceptors (Lipinski definition) is 10. The van der Waals surface area contributed by atoms with Crippen LogP contribution in [0.1, 0.15) is 112 Å². The van der Waals surface area contributed by atoms with Gasteiger partial charge in [-0.3, -0.25) is 19.2 Å². The average Bonchev–Trinajstić information content (AvgIpc) is 4.06. The number of carbonyl (C=O) groups is 2. The van der Waals surface area contributed by atoms with Crippen LogP contribution in [0.2, 0.25) is 0 Å². The number of pyridine rings is 1. The maximum Gasteiger partial charge on any atom is 0.264 e. The molecule has 0 radical (unpaired) electrons. The Morgan fingerprint density at radius 1 is 0.957 bits per heavy atom. The molecule has 3 fully saturated rings. The van der Waals surface area contributed by atoms with E-state index in [0.717, 1.165) is 131 Å². The smallest absolute Gasteiger partial charge is 0.264 e. The van der Waals surface area contributed by atoms with Gasteiger partial charge >= 0.3 is 0 Å². The molecule has 0 aliphatic carbocycles. The highest BCUT2D eigenvalue weighted by Crippen LogP contribution is 2.49. The number of ether oxygens (including phenoxy) is 1. The van der Waals surface area contributed by atoms with Crippen molar-refractivity contribution in [3.63, 3.8) is 0 Å². The third-order valence-electron chi connectivity index (χ3n) is 16.1. The van der Waals surface area contributed by atoms with Gasteiger partial charge in [-0.15, -0.1) is 6.58 Å². The molecule has 1 atom stereocenters. The molecule has 1 N–H and O–H groups in total. The van der Waals surface area contributed by atoms with E-state index in [1.165, 1.54) is 16.2 Å². The third kappa shape index (κ3) is 7.63. The number of nitrogens with one attached hydrogen (secondary N) is 1. The summed E-state index contributed by atoms with van der Waals surface area (Å²) in [5, 5.41) is 8.39. The minimum atomic E-state index is -2.73. The molecule has 3 saturated heterocycles. The molecule has 2 amide bonds. The van der Waals surface area contributed by atoms with Gasteiger partial charge in [0.2, 0.25) is 0 Å². The highest BCUT2D eigenvalue weighted by molar-refractivity contribution is 6.22. The van der Waals surface area contributed by atoms with Crippen molar-refractivity contribution in [1.82, 2.24) is 39.2 Å². The van der Waals surface area contributed by atoms with E-state index in [1.807, 2.05) is 41.1 Å². The Balaban J connectivity index is 0.878. The van der Waals surface area contributed by atoms with E-state index in [1.54, 1.807) is 31.5 Å². The van der Waals surface area contributed by atoms with Gasteiger partial charge in [0.25, 0.3) is 18.2 Å². The first-order valence-electron chi connectivity index (χ1n) is 24.8. The fourth-order valence-corrected chi connectivity index (χ4v) is 12.1. The van der Waals surface area contributed by atoms with E-state index < -0.39 is 12.5 Å². The summed E-state index contributed by atoms with van der Waals surface area (Å²) in [6.07, 6.45) is 12.9. The molecule has 15 heteroatoms. The molecule has 6 aliphatic heterocycles. The monoisotopic (exact) mass is 936 g/mol. The van der Waals surface area contributed by atoms with Gasteiger partial charge in [-0.25, -0.2) is 13.8 Å². The lowest BCUT2D eigenvalue weighted by molar-refractivity contribution is 0.0222. The molecule has 5 aromatic rings. The number of fused-ring (bicyclic) bond motifs is 4. The molecule has 1 spiro atoms. The number of carbonyl (C=O) groups excluding carboxylic acids is 2. The summed E-state index contributed by atoms with van der Waals surface area (Å²) in [6, 6.07) is 11.1. The Labute approximate surface area is 402 Å². The molecule has 360 valence electrons. The van der Waals surface area contributed by atoms with Crippen LogP contribution in [-0.4, -0.2) is 117 Å². The zero-order valence-electron chi connectivity index (χ0n) is 39.9. The number of amides is 2. The maximum absolute atomic E-state index is 15.8. The van der Waals surface area contributed by atoms with Crippen molar-refractivity contribution < 1.29 is 23.1 Å². The minimum absolute atomic E-state index is 0.0102. The summed E-state index contributed by atoms with van der Waals surface area (Å²) in [7, 11) is 3.89. The lowest BCUT2D eigenvalue weighted by Gasteiger charge is -2.58. The molecule has 9 heterocycles. The fourth-order valence-electron chi connectivity index (χ4n) is 12.1. The van der Waals surface area contributed by atoms with Crippen molar-refractivity contribution in [2.24, 2.45) is 0 Å². The van der Waals surface area contributed by atoms with Crippen LogP contribution < -0.4 is 15.1 Å². The van der Waals surface area contributed by atoms with Crippen molar-refractivity contribution in [3.05, 3.63) is 126 Å². The third-order valence-corrected chi connectivity index (χ3v) is 16.1. The van der Waals surface area contributed by atoms with Gasteiger partial charge in [0.05, 0.1) is 23.2 Å². The van der Waals surface area contributed by atoms with Crippen molar-refractivity contribution in [1.29, 1.82) is 0 Å². The number of piperidine rings is 1. The van der Waals surface area contributed by atoms with Gasteiger partial charge in [0.1, 0.15) is 5.65 Å². The summed E-state index contributed by atoms with van der Waals surface area (Å²) in [5.74, 6) is 0.281. The van der Waals surface area contributed by atoms with E-state index in [0.29, 0.717) is 53.0 Å². The fraction of sp³-hybridized carbons (Fsp3) is 0.444. The van der Waals surface area contributed by atoms with Crippen molar-refractivity contribution in [3.8, 4) is 11.1 Å². The number of aromatic nitrogens is 4. The molecule has 3 aromatic heterocycles. The number of imidazole rings is 1. The number of alkyl halides is 2. The Hall–Kier alpha value is -6.32. The highest BCUT2D eigenvalue weighted by Gasteiger charge is 2.48. The molecule has 6 aliphatic rings. The Morgan fingerprint density at radius 3 is 2.48 bits per heavy atom. The van der Waals surface area contributed by atoms with Gasteiger partial charge in [0.15, 0.2) is 5.82 Å². The standard InChI is InChI=1S/C54H62F2N10O3/c1-6-7-10-46(34(2)57-4)65-52(67)39-12-11-38(29-43(39)53(65)68)61-22-16-54(17-23-61)18-24-64(54)35(3)44-33-62-25-19-58-49(62)31-41(44)40-28-36-9-8-20-63(48(36)30-42(40)50(55)56)51-45-32-60(5)21-13-47(45)66(59-51)37-14-26-69-27-15-37/h6,11-12,19,25,28-31,33,37,46,50,57H,1-3,7-10,13-18,20-24,26-27,32H2,4-5H3. The summed E-state index contributed by atoms with van der Waals surface area (Å²) in [4.78, 5) is 42.7. The topological polar surface area (TPSA) is 107 Å². The largest absolute Gasteiger partial charge is 0.390 e. The summed E-state index contributed by atoms with van der Waals surface area (Å²) < 4.78 is 41.5. The number of likely N-dealkylation sites (N-methyl/N-ethyl adjacent to an activating group) is 2. The Bertz CT molecular complexity index is 2890. The predicted molar refractivity (Wildman–Crippen MR) is 265 cm³/mol. The number of halogens is 2. The predicted octanol–water partition coefficient (Wildman–Crippen LogP) is 8.94. The minimum Gasteiger partial charge on any atom is -0.390 e. The number of allylic oxidation sites excluding steroid dienone is 1. The molecular formula is C54H62F2N10O3. The Kier molecular flexibility index (Phi) is 11.7. The molecular weight excluding hydrogens is 875 g/mol. The van der Waals surface area contributed by atoms with Crippen LogP contribution in [0.15, 0.2) is 86.5 Å². The average molecular weight is 937 g/mol. The summed E-state index contributed by atoms with van der Waals surface area (Å²) >= 11 is 0. The van der Waals surface area contributed by atoms with Gasteiger partial charge in [-0.2, -0.15) is 5.10 Å². The Morgan fingerprint density at radius 2 is 1.74 bits per heavy atom. The maximum atomic E-state index is 15.8. The first-order chi connectivity index (χ1) is 33.5. The molecule has 0 bridgehead atoms. The quantitative estimate of drug-likeness (QED) is 0.0909. The molecule has 2 aromatic carbocycles. The van der Waals surface area contributed by atoms with Gasteiger partial charge < -0.3 is 34.1 Å². The zero-order chi connectivity index (χ0) is 47.7. The van der Waals surface area contributed by atoms with Crippen LogP contribution in [0.5, 0.6) is 0 Å². The normalized spacial score (nSPS) is 19.8. The van der Waals surface area contributed by atoms with E-state index in [-0.39, 0.29) is 29.0 Å². The van der Waals surface area contributed by atoms with Crippen LogP contribution in [0.3, 0.4) is 0 Å². The zero-order valence-corrected chi connectivity index (χ0v) is 39.9. The number of rotatable bonds is 13. The van der Waals surface area contributed by atoms with Gasteiger partial charge in [0, 0.05) is 135 Å². The highest BCUT2D eigenvalue weighted by atomic mass is 19.3. The second kappa shape index (κ2) is 17.9. The van der Waals surface area contributed by atoms with E-state index >= 15 is 8.78 Å². The number of benzene rings is 2. The van der Waals surface area contributed by atoms with Gasteiger partial charge in [-0.1, -0.05) is 19.2 Å². The first-order valence-corrected chi connectivity index (χ1v) is 24.8. The molecule has 69 heavy (non-hydrogen) atoms. The summed E-state index contributed by atoms with van der Waals surface area (Å²) in [5.41, 5.74) is 9.99. The van der Waals surface area contributed by atoms with E-state index in [9.17, 15) is 9.59 Å². The molecule has 13 nitrogen and oxygen atoms in total. The number of aryl methyl sites for hydroxylation is 1. The van der Waals surface area contributed by atoms with Crippen LogP contribution in [0.4, 0.5) is 26.0 Å². The first kappa shape index (κ1) is 45.1. The summed E-state index contributed by atoms with van der Waals surface area (Å²) in [6.45, 7) is 18.8.